The summed E-state index contributed by atoms with van der Waals surface area (Å²) in [6.07, 6.45) is 5.80. The molecule has 0 aromatic rings. The molecule has 0 bridgehead atoms. The summed E-state index contributed by atoms with van der Waals surface area (Å²) in [6.45, 7) is 2.13. The second-order valence-electron chi connectivity index (χ2n) is 4.42. The van der Waals surface area contributed by atoms with E-state index in [1.807, 2.05) is 4.90 Å². The molecule has 1 aliphatic rings. The van der Waals surface area contributed by atoms with Crippen LogP contribution < -0.4 is 0 Å². The molecule has 0 atom stereocenters. The van der Waals surface area contributed by atoms with Gasteiger partial charge in [0.25, 0.3) is 0 Å². The van der Waals surface area contributed by atoms with Gasteiger partial charge in [-0.2, -0.15) is 0 Å². The van der Waals surface area contributed by atoms with Crippen LogP contribution in [0.25, 0.3) is 0 Å². The van der Waals surface area contributed by atoms with Crippen LogP contribution in [-0.2, 0) is 9.53 Å². The molecule has 0 heterocycles. The second kappa shape index (κ2) is 8.07. The van der Waals surface area contributed by atoms with Crippen molar-refractivity contribution in [1.82, 2.24) is 4.90 Å². The number of carbonyl (C=O) groups is 1. The van der Waals surface area contributed by atoms with E-state index in [1.165, 1.54) is 25.7 Å². The second-order valence-corrected chi connectivity index (χ2v) is 5.21. The molecule has 16 heavy (non-hydrogen) atoms. The highest BCUT2D eigenvalue weighted by atomic mass is 79.9. The largest absolute Gasteiger partial charge is 0.383 e. The first-order valence-electron chi connectivity index (χ1n) is 6.10. The van der Waals surface area contributed by atoms with Gasteiger partial charge in [-0.15, -0.1) is 0 Å². The first-order valence-corrected chi connectivity index (χ1v) is 7.22. The number of amides is 1. The number of rotatable bonds is 7. The summed E-state index contributed by atoms with van der Waals surface area (Å²) in [6, 6.07) is 0. The van der Waals surface area contributed by atoms with Crippen molar-refractivity contribution >= 4 is 21.8 Å². The maximum atomic E-state index is 12.0. The third-order valence-electron chi connectivity index (χ3n) is 3.21. The molecule has 4 heteroatoms. The summed E-state index contributed by atoms with van der Waals surface area (Å²) in [5, 5.41) is 0.840. The van der Waals surface area contributed by atoms with Crippen molar-refractivity contribution < 1.29 is 9.53 Å². The first kappa shape index (κ1) is 14.0. The lowest BCUT2D eigenvalue weighted by molar-refractivity contribution is -0.132. The molecule has 3 nitrogen and oxygen atoms in total. The van der Waals surface area contributed by atoms with Crippen LogP contribution in [0.3, 0.4) is 0 Å². The van der Waals surface area contributed by atoms with Crippen LogP contribution in [0.4, 0.5) is 0 Å². The summed E-state index contributed by atoms with van der Waals surface area (Å²) in [4.78, 5) is 14.0. The van der Waals surface area contributed by atoms with Gasteiger partial charge in [0, 0.05) is 32.0 Å². The molecular formula is C12H22BrNO2. The fraction of sp³-hybridized carbons (Fsp3) is 0.917. The molecule has 1 rings (SSSR count). The van der Waals surface area contributed by atoms with E-state index in [0.717, 1.165) is 18.3 Å². The van der Waals surface area contributed by atoms with Gasteiger partial charge in [0.1, 0.15) is 0 Å². The van der Waals surface area contributed by atoms with Gasteiger partial charge in [0.05, 0.1) is 6.61 Å². The van der Waals surface area contributed by atoms with E-state index in [1.54, 1.807) is 7.11 Å². The lowest BCUT2D eigenvalue weighted by atomic mass is 10.0. The third kappa shape index (κ3) is 4.83. The number of alkyl halides is 1. The Morgan fingerprint density at radius 2 is 2.06 bits per heavy atom. The van der Waals surface area contributed by atoms with Gasteiger partial charge in [0.15, 0.2) is 0 Å². The van der Waals surface area contributed by atoms with Crippen LogP contribution in [0, 0.1) is 5.92 Å². The number of hydrogen-bond donors (Lipinski definition) is 0. The Hall–Kier alpha value is -0.0900. The molecule has 0 saturated heterocycles. The lowest BCUT2D eigenvalue weighted by Crippen LogP contribution is -2.36. The monoisotopic (exact) mass is 291 g/mol. The van der Waals surface area contributed by atoms with E-state index in [2.05, 4.69) is 15.9 Å². The molecule has 1 aliphatic carbocycles. The number of ether oxygens (including phenoxy) is 1. The van der Waals surface area contributed by atoms with E-state index in [0.29, 0.717) is 25.0 Å². The van der Waals surface area contributed by atoms with Crippen molar-refractivity contribution in [2.45, 2.75) is 32.1 Å². The molecule has 0 spiro atoms. The van der Waals surface area contributed by atoms with Crippen LogP contribution in [0.15, 0.2) is 0 Å². The standard InChI is InChI=1S/C12H22BrNO2/c1-16-9-8-14(7-6-13)12(15)10-11-4-2-3-5-11/h11H,2-10H2,1H3. The minimum absolute atomic E-state index is 0.295. The number of carbonyl (C=O) groups excluding carboxylic acids is 1. The van der Waals surface area contributed by atoms with Crippen molar-refractivity contribution in [3.05, 3.63) is 0 Å². The Morgan fingerprint density at radius 3 is 2.62 bits per heavy atom. The molecule has 0 aromatic heterocycles. The zero-order chi connectivity index (χ0) is 11.8. The molecule has 0 aromatic carbocycles. The van der Waals surface area contributed by atoms with Gasteiger partial charge in [0.2, 0.25) is 5.91 Å². The number of halogens is 1. The summed E-state index contributed by atoms with van der Waals surface area (Å²) in [5.41, 5.74) is 0. The number of nitrogens with zero attached hydrogens (tertiary/aromatic N) is 1. The average molecular weight is 292 g/mol. The van der Waals surface area contributed by atoms with Crippen molar-refractivity contribution in [2.75, 3.05) is 32.1 Å². The highest BCUT2D eigenvalue weighted by molar-refractivity contribution is 9.09. The molecule has 1 fully saturated rings. The van der Waals surface area contributed by atoms with E-state index in [4.69, 9.17) is 4.74 Å². The first-order chi connectivity index (χ1) is 7.77. The zero-order valence-corrected chi connectivity index (χ0v) is 11.7. The van der Waals surface area contributed by atoms with Crippen molar-refractivity contribution in [3.8, 4) is 0 Å². The van der Waals surface area contributed by atoms with Gasteiger partial charge in [-0.25, -0.2) is 0 Å². The molecule has 94 valence electrons. The lowest BCUT2D eigenvalue weighted by Gasteiger charge is -2.23. The summed E-state index contributed by atoms with van der Waals surface area (Å²) >= 11 is 3.39. The molecule has 1 amide bonds. The fourth-order valence-electron chi connectivity index (χ4n) is 2.26. The van der Waals surface area contributed by atoms with E-state index in [9.17, 15) is 4.79 Å². The quantitative estimate of drug-likeness (QED) is 0.675. The van der Waals surface area contributed by atoms with Crippen LogP contribution in [0.1, 0.15) is 32.1 Å². The maximum absolute atomic E-state index is 12.0. The van der Waals surface area contributed by atoms with E-state index >= 15 is 0 Å². The molecular weight excluding hydrogens is 270 g/mol. The normalized spacial score (nSPS) is 16.6. The van der Waals surface area contributed by atoms with Crippen molar-refractivity contribution in [2.24, 2.45) is 5.92 Å². The summed E-state index contributed by atoms with van der Waals surface area (Å²) in [7, 11) is 1.67. The van der Waals surface area contributed by atoms with Gasteiger partial charge in [-0.3, -0.25) is 4.79 Å². The summed E-state index contributed by atoms with van der Waals surface area (Å²) in [5.74, 6) is 0.927. The fourth-order valence-corrected chi connectivity index (χ4v) is 2.68. The van der Waals surface area contributed by atoms with Gasteiger partial charge in [-0.05, 0) is 18.8 Å². The van der Waals surface area contributed by atoms with Crippen LogP contribution >= 0.6 is 15.9 Å². The van der Waals surface area contributed by atoms with Crippen LogP contribution in [0.2, 0.25) is 0 Å². The van der Waals surface area contributed by atoms with E-state index in [-0.39, 0.29) is 0 Å². The maximum Gasteiger partial charge on any atom is 0.222 e. The van der Waals surface area contributed by atoms with E-state index < -0.39 is 0 Å². The highest BCUT2D eigenvalue weighted by Gasteiger charge is 2.21. The molecule has 0 N–H and O–H groups in total. The minimum Gasteiger partial charge on any atom is -0.383 e. The number of hydrogen-bond acceptors (Lipinski definition) is 2. The molecule has 1 saturated carbocycles. The molecule has 0 radical (unpaired) electrons. The Balaban J connectivity index is 2.32. The zero-order valence-electron chi connectivity index (χ0n) is 10.1. The molecule has 0 aliphatic heterocycles. The minimum atomic E-state index is 0.295. The Kier molecular flexibility index (Phi) is 7.05. The predicted octanol–water partition coefficient (Wildman–Crippen LogP) is 2.44. The molecule has 0 unspecified atom stereocenters. The predicted molar refractivity (Wildman–Crippen MR) is 68.8 cm³/mol. The average Bonchev–Trinajstić information content (AvgIpc) is 2.76. The van der Waals surface area contributed by atoms with Crippen LogP contribution in [0.5, 0.6) is 0 Å². The van der Waals surface area contributed by atoms with Crippen LogP contribution in [-0.4, -0.2) is 42.9 Å². The van der Waals surface area contributed by atoms with Gasteiger partial charge < -0.3 is 9.64 Å². The topological polar surface area (TPSA) is 29.5 Å². The Morgan fingerprint density at radius 1 is 1.38 bits per heavy atom. The smallest absolute Gasteiger partial charge is 0.222 e. The van der Waals surface area contributed by atoms with Crippen molar-refractivity contribution in [3.63, 3.8) is 0 Å². The van der Waals surface area contributed by atoms with Gasteiger partial charge >= 0.3 is 0 Å². The number of methoxy groups -OCH3 is 1. The summed E-state index contributed by atoms with van der Waals surface area (Å²) < 4.78 is 5.03. The third-order valence-corrected chi connectivity index (χ3v) is 3.57. The van der Waals surface area contributed by atoms with Gasteiger partial charge in [-0.1, -0.05) is 28.8 Å². The Labute approximate surface area is 107 Å². The highest BCUT2D eigenvalue weighted by Crippen LogP contribution is 2.27. The SMILES string of the molecule is COCCN(CCBr)C(=O)CC1CCCC1. The van der Waals surface area contributed by atoms with Crippen molar-refractivity contribution in [1.29, 1.82) is 0 Å². The Bertz CT molecular complexity index is 205.